The summed E-state index contributed by atoms with van der Waals surface area (Å²) in [5.74, 6) is 0.989. The summed E-state index contributed by atoms with van der Waals surface area (Å²) >= 11 is 3.52. The summed E-state index contributed by atoms with van der Waals surface area (Å²) in [5.41, 5.74) is 1.37. The summed E-state index contributed by atoms with van der Waals surface area (Å²) in [4.78, 5) is 11.7. The van der Waals surface area contributed by atoms with Crippen molar-refractivity contribution >= 4 is 45.9 Å². The molecule has 1 N–H and O–H groups in total. The van der Waals surface area contributed by atoms with Crippen LogP contribution in [0.1, 0.15) is 18.5 Å². The van der Waals surface area contributed by atoms with Gasteiger partial charge in [-0.1, -0.05) is 28.1 Å². The van der Waals surface area contributed by atoms with E-state index in [1.807, 2.05) is 7.05 Å². The van der Waals surface area contributed by atoms with Crippen LogP contribution in [0.5, 0.6) is 0 Å². The van der Waals surface area contributed by atoms with E-state index in [1.165, 1.54) is 5.56 Å². The van der Waals surface area contributed by atoms with E-state index in [-0.39, 0.29) is 30.1 Å². The van der Waals surface area contributed by atoms with Gasteiger partial charge in [-0.15, -0.1) is 24.0 Å². The Morgan fingerprint density at radius 1 is 1.21 bits per heavy atom. The van der Waals surface area contributed by atoms with Gasteiger partial charge in [0.05, 0.1) is 12.7 Å². The molecule has 0 spiro atoms. The lowest BCUT2D eigenvalue weighted by molar-refractivity contribution is -0.0164. The minimum absolute atomic E-state index is 0. The summed E-state index contributed by atoms with van der Waals surface area (Å²) in [6.07, 6.45) is 0.235. The van der Waals surface area contributed by atoms with E-state index in [4.69, 9.17) is 4.74 Å². The van der Waals surface area contributed by atoms with Crippen LogP contribution in [0.3, 0.4) is 0 Å². The molecular weight excluding hydrogens is 533 g/mol. The van der Waals surface area contributed by atoms with Gasteiger partial charge in [0, 0.05) is 63.4 Å². The molecule has 1 aromatic rings. The maximum atomic E-state index is 5.85. The highest BCUT2D eigenvalue weighted by Gasteiger charge is 2.25. The van der Waals surface area contributed by atoms with Crippen molar-refractivity contribution < 1.29 is 4.74 Å². The third-order valence-electron chi connectivity index (χ3n) is 5.56. The van der Waals surface area contributed by atoms with Gasteiger partial charge >= 0.3 is 0 Å². The van der Waals surface area contributed by atoms with Gasteiger partial charge in [-0.3, -0.25) is 9.89 Å². The number of ether oxygens (including phenoxy) is 1. The van der Waals surface area contributed by atoms with Gasteiger partial charge in [-0.2, -0.15) is 0 Å². The molecule has 8 heteroatoms. The van der Waals surface area contributed by atoms with E-state index in [1.54, 1.807) is 0 Å². The first-order valence-corrected chi connectivity index (χ1v) is 10.6. The molecule has 0 radical (unpaired) electrons. The Morgan fingerprint density at radius 2 is 1.89 bits per heavy atom. The molecule has 158 valence electrons. The molecule has 2 aliphatic rings. The Balaban J connectivity index is 0.00000280. The molecule has 0 bridgehead atoms. The van der Waals surface area contributed by atoms with Gasteiger partial charge in [-0.25, -0.2) is 0 Å². The number of likely N-dealkylation sites (N-methyl/N-ethyl adjacent to an activating group) is 1. The van der Waals surface area contributed by atoms with E-state index in [0.29, 0.717) is 6.04 Å². The van der Waals surface area contributed by atoms with Gasteiger partial charge in [0.15, 0.2) is 5.96 Å². The third kappa shape index (κ3) is 6.55. The van der Waals surface area contributed by atoms with Crippen LogP contribution < -0.4 is 5.32 Å². The minimum Gasteiger partial charge on any atom is -0.374 e. The van der Waals surface area contributed by atoms with Crippen molar-refractivity contribution in [2.45, 2.75) is 19.1 Å². The number of rotatable bonds is 4. The highest BCUT2D eigenvalue weighted by atomic mass is 127. The summed E-state index contributed by atoms with van der Waals surface area (Å²) < 4.78 is 6.98. The Labute approximate surface area is 194 Å². The molecule has 2 atom stereocenters. The molecule has 2 fully saturated rings. The van der Waals surface area contributed by atoms with Crippen molar-refractivity contribution in [3.63, 3.8) is 0 Å². The molecule has 2 heterocycles. The fourth-order valence-electron chi connectivity index (χ4n) is 3.80. The first-order valence-electron chi connectivity index (χ1n) is 9.82. The van der Waals surface area contributed by atoms with Gasteiger partial charge in [0.2, 0.25) is 0 Å². The second kappa shape index (κ2) is 11.7. The molecule has 2 saturated heterocycles. The van der Waals surface area contributed by atoms with Crippen LogP contribution in [0.2, 0.25) is 0 Å². The van der Waals surface area contributed by atoms with Crippen LogP contribution >= 0.6 is 39.9 Å². The van der Waals surface area contributed by atoms with Crippen LogP contribution in [0.15, 0.2) is 33.7 Å². The Morgan fingerprint density at radius 3 is 2.50 bits per heavy atom. The maximum Gasteiger partial charge on any atom is 0.193 e. The van der Waals surface area contributed by atoms with E-state index >= 15 is 0 Å². The molecule has 3 rings (SSSR count). The first kappa shape index (κ1) is 23.9. The predicted octanol–water partition coefficient (Wildman–Crippen LogP) is 2.65. The van der Waals surface area contributed by atoms with Crippen molar-refractivity contribution in [3.8, 4) is 0 Å². The number of hydrogen-bond acceptors (Lipinski definition) is 4. The van der Waals surface area contributed by atoms with E-state index in [0.717, 1.165) is 62.9 Å². The Kier molecular flexibility index (Phi) is 9.96. The lowest BCUT2D eigenvalue weighted by Gasteiger charge is -2.40. The molecule has 2 unspecified atom stereocenters. The Bertz CT molecular complexity index is 622. The van der Waals surface area contributed by atoms with Gasteiger partial charge < -0.3 is 19.9 Å². The fraction of sp³-hybridized carbons (Fsp3) is 0.650. The third-order valence-corrected chi connectivity index (χ3v) is 6.08. The first-order chi connectivity index (χ1) is 13.1. The molecule has 0 aromatic heterocycles. The van der Waals surface area contributed by atoms with Crippen molar-refractivity contribution in [1.29, 1.82) is 0 Å². The number of morpholine rings is 1. The zero-order chi connectivity index (χ0) is 19.2. The summed E-state index contributed by atoms with van der Waals surface area (Å²) in [6, 6.07) is 9.10. The molecule has 6 nitrogen and oxygen atoms in total. The van der Waals surface area contributed by atoms with Crippen LogP contribution in [-0.2, 0) is 4.74 Å². The van der Waals surface area contributed by atoms with Crippen LogP contribution in [0.4, 0.5) is 0 Å². The second-order valence-electron chi connectivity index (χ2n) is 7.43. The smallest absolute Gasteiger partial charge is 0.193 e. The molecule has 0 saturated carbocycles. The number of aliphatic imine (C=N–C) groups is 1. The summed E-state index contributed by atoms with van der Waals surface area (Å²) in [6.45, 7) is 9.98. The zero-order valence-corrected chi connectivity index (χ0v) is 21.0. The Hall–Kier alpha value is -0.420. The fourth-order valence-corrected chi connectivity index (χ4v) is 4.07. The highest BCUT2D eigenvalue weighted by Crippen LogP contribution is 2.23. The highest BCUT2D eigenvalue weighted by molar-refractivity contribution is 14.0. The van der Waals surface area contributed by atoms with Crippen molar-refractivity contribution in [1.82, 2.24) is 20.0 Å². The van der Waals surface area contributed by atoms with Crippen molar-refractivity contribution in [2.75, 3.05) is 66.5 Å². The lowest BCUT2D eigenvalue weighted by atomic mass is 10.1. The maximum absolute atomic E-state index is 5.85. The van der Waals surface area contributed by atoms with Gasteiger partial charge in [-0.05, 0) is 31.7 Å². The van der Waals surface area contributed by atoms with E-state index < -0.39 is 0 Å². The summed E-state index contributed by atoms with van der Waals surface area (Å²) in [5, 5.41) is 3.51. The molecule has 0 aliphatic carbocycles. The second-order valence-corrected chi connectivity index (χ2v) is 8.35. The largest absolute Gasteiger partial charge is 0.374 e. The summed E-state index contributed by atoms with van der Waals surface area (Å²) in [7, 11) is 4.02. The van der Waals surface area contributed by atoms with Crippen LogP contribution in [-0.4, -0.2) is 93.3 Å². The lowest BCUT2D eigenvalue weighted by Crippen LogP contribution is -2.54. The SMILES string of the molecule is CN=C(NCC1CN(C)CCO1)N1CCN(C(C)c2ccc(Br)cc2)CC1.I. The zero-order valence-electron chi connectivity index (χ0n) is 17.1. The topological polar surface area (TPSA) is 43.3 Å². The number of piperazine rings is 1. The number of nitrogens with one attached hydrogen (secondary N) is 1. The van der Waals surface area contributed by atoms with Gasteiger partial charge in [0.25, 0.3) is 0 Å². The van der Waals surface area contributed by atoms with Crippen molar-refractivity contribution in [2.24, 2.45) is 4.99 Å². The van der Waals surface area contributed by atoms with Crippen LogP contribution in [0.25, 0.3) is 0 Å². The minimum atomic E-state index is 0. The average molecular weight is 566 g/mol. The quantitative estimate of drug-likeness (QED) is 0.345. The van der Waals surface area contributed by atoms with E-state index in [9.17, 15) is 0 Å². The van der Waals surface area contributed by atoms with Crippen LogP contribution in [0, 0.1) is 0 Å². The molecule has 2 aliphatic heterocycles. The number of benzene rings is 1. The molecular formula is C20H33BrIN5O. The normalized spacial score (nSPS) is 23.2. The monoisotopic (exact) mass is 565 g/mol. The molecule has 28 heavy (non-hydrogen) atoms. The number of guanidine groups is 1. The number of halogens is 2. The standard InChI is InChI=1S/C20H32BrN5O.HI/c1-16(17-4-6-18(21)7-5-17)25-8-10-26(11-9-25)20(22-2)23-14-19-15-24(3)12-13-27-19;/h4-7,16,19H,8-15H2,1-3H3,(H,22,23);1H. The number of hydrogen-bond donors (Lipinski definition) is 1. The van der Waals surface area contributed by atoms with Crippen molar-refractivity contribution in [3.05, 3.63) is 34.3 Å². The molecule has 1 aromatic carbocycles. The number of nitrogens with zero attached hydrogens (tertiary/aromatic N) is 4. The van der Waals surface area contributed by atoms with Gasteiger partial charge in [0.1, 0.15) is 0 Å². The average Bonchev–Trinajstić information content (AvgIpc) is 2.69. The van der Waals surface area contributed by atoms with E-state index in [2.05, 4.69) is 79.2 Å². The predicted molar refractivity (Wildman–Crippen MR) is 130 cm³/mol. The molecule has 0 amide bonds.